The van der Waals surface area contributed by atoms with Crippen LogP contribution in [0.15, 0.2) is 109 Å². The molecule has 0 aliphatic heterocycles. The summed E-state index contributed by atoms with van der Waals surface area (Å²) in [5, 5.41) is 23.8. The summed E-state index contributed by atoms with van der Waals surface area (Å²) in [6.45, 7) is 6.20. The Hall–Kier alpha value is -3.48. The van der Waals surface area contributed by atoms with Crippen LogP contribution in [0.3, 0.4) is 0 Å². The highest BCUT2D eigenvalue weighted by atomic mass is 16.5. The number of esters is 1. The van der Waals surface area contributed by atoms with Crippen molar-refractivity contribution in [2.75, 3.05) is 6.61 Å². The summed E-state index contributed by atoms with van der Waals surface area (Å²) in [4.78, 5) is 26.2. The van der Waals surface area contributed by atoms with Gasteiger partial charge in [0.2, 0.25) is 5.91 Å². The molecule has 6 nitrogen and oxygen atoms in total. The number of hydrogen-bond donors (Lipinski definition) is 3. The second kappa shape index (κ2) is 51.5. The number of unbranched alkanes of at least 4 members (excludes halogenated alkanes) is 19. The molecule has 0 aromatic carbocycles. The van der Waals surface area contributed by atoms with Gasteiger partial charge in [-0.1, -0.05) is 239 Å². The third-order valence-corrected chi connectivity index (χ3v) is 11.4. The molecule has 0 aliphatic carbocycles. The van der Waals surface area contributed by atoms with Crippen LogP contribution in [0.4, 0.5) is 0 Å². The highest BCUT2D eigenvalue weighted by Gasteiger charge is 2.24. The predicted molar refractivity (Wildman–Crippen MR) is 282 cm³/mol. The molecule has 3 unspecified atom stereocenters. The smallest absolute Gasteiger partial charge is 0.306 e. The fourth-order valence-electron chi connectivity index (χ4n) is 7.47. The molecule has 0 rings (SSSR count). The summed E-state index contributed by atoms with van der Waals surface area (Å²) in [5.74, 6) is -0.584. The van der Waals surface area contributed by atoms with Gasteiger partial charge in [-0.2, -0.15) is 0 Å². The lowest BCUT2D eigenvalue weighted by Gasteiger charge is -2.24. The van der Waals surface area contributed by atoms with Crippen LogP contribution >= 0.6 is 0 Å². The standard InChI is InChI=1S/C59H99NO5/c1-4-7-10-13-16-19-22-25-27-29-30-33-35-38-41-44-47-50-55(65-59(64)52-49-46-43-40-37-32-24-21-18-15-12-9-6-3)53-58(63)60-56(54-61)57(62)51-48-45-42-39-36-34-31-28-26-23-20-17-14-11-8-5-2/h7,9-10,12,15-16,18-19,21,24-25,27,30,32-33,37-38,41,55-57,61-62H,4-6,8,11,13-14,17,20,22-23,26,28-29,31,34-36,39-40,42-54H2,1-3H3,(H,60,63)/b10-7-,12-9+,18-15+,19-16-,24-21-,27-25-,33-30-,37-32-,41-38-. The van der Waals surface area contributed by atoms with Gasteiger partial charge in [0.15, 0.2) is 0 Å². The van der Waals surface area contributed by atoms with Gasteiger partial charge in [0.1, 0.15) is 6.10 Å². The monoisotopic (exact) mass is 902 g/mol. The molecule has 3 N–H and O–H groups in total. The molecule has 0 aromatic heterocycles. The third-order valence-electron chi connectivity index (χ3n) is 11.4. The molecule has 370 valence electrons. The zero-order valence-corrected chi connectivity index (χ0v) is 42.1. The van der Waals surface area contributed by atoms with Crippen molar-refractivity contribution < 1.29 is 24.5 Å². The maximum absolute atomic E-state index is 13.2. The van der Waals surface area contributed by atoms with Gasteiger partial charge in [0.25, 0.3) is 0 Å². The second-order valence-corrected chi connectivity index (χ2v) is 17.6. The van der Waals surface area contributed by atoms with E-state index in [1.165, 1.54) is 83.5 Å². The van der Waals surface area contributed by atoms with E-state index in [2.05, 4.69) is 105 Å². The van der Waals surface area contributed by atoms with E-state index >= 15 is 0 Å². The normalized spacial score (nSPS) is 14.1. The number of allylic oxidation sites excluding steroid dienone is 18. The molecule has 0 radical (unpaired) electrons. The average Bonchev–Trinajstić information content (AvgIpc) is 3.30. The van der Waals surface area contributed by atoms with Crippen LogP contribution < -0.4 is 5.32 Å². The van der Waals surface area contributed by atoms with Crippen molar-refractivity contribution in [1.82, 2.24) is 5.32 Å². The van der Waals surface area contributed by atoms with Gasteiger partial charge in [-0.15, -0.1) is 0 Å². The highest BCUT2D eigenvalue weighted by Crippen LogP contribution is 2.17. The van der Waals surface area contributed by atoms with Gasteiger partial charge >= 0.3 is 5.97 Å². The van der Waals surface area contributed by atoms with E-state index in [-0.39, 0.29) is 24.9 Å². The number of hydrogen-bond acceptors (Lipinski definition) is 5. The third kappa shape index (κ3) is 46.8. The predicted octanol–water partition coefficient (Wildman–Crippen LogP) is 16.3. The van der Waals surface area contributed by atoms with Crippen molar-refractivity contribution in [2.24, 2.45) is 0 Å². The summed E-state index contributed by atoms with van der Waals surface area (Å²) in [5.41, 5.74) is 0. The number of carbonyl (C=O) groups is 2. The number of carbonyl (C=O) groups excluding carboxylic acids is 2. The van der Waals surface area contributed by atoms with Crippen LogP contribution in [0.1, 0.15) is 226 Å². The Morgan fingerprint density at radius 2 is 0.923 bits per heavy atom. The average molecular weight is 902 g/mol. The first-order valence-electron chi connectivity index (χ1n) is 26.7. The van der Waals surface area contributed by atoms with Crippen LogP contribution in [-0.4, -0.2) is 46.9 Å². The second-order valence-electron chi connectivity index (χ2n) is 17.6. The Kier molecular flexibility index (Phi) is 48.7. The van der Waals surface area contributed by atoms with Gasteiger partial charge in [-0.25, -0.2) is 0 Å². The highest BCUT2D eigenvalue weighted by molar-refractivity contribution is 5.77. The van der Waals surface area contributed by atoms with Crippen molar-refractivity contribution in [3.05, 3.63) is 109 Å². The first-order chi connectivity index (χ1) is 32.0. The lowest BCUT2D eigenvalue weighted by molar-refractivity contribution is -0.151. The number of rotatable bonds is 46. The fraction of sp³-hybridized carbons (Fsp3) is 0.661. The molecule has 1 amide bonds. The van der Waals surface area contributed by atoms with E-state index in [0.29, 0.717) is 19.3 Å². The zero-order chi connectivity index (χ0) is 47.4. The largest absolute Gasteiger partial charge is 0.462 e. The van der Waals surface area contributed by atoms with E-state index in [1.54, 1.807) is 0 Å². The number of amides is 1. The number of nitrogens with one attached hydrogen (secondary N) is 1. The molecule has 6 heteroatoms. The van der Waals surface area contributed by atoms with E-state index in [1.807, 2.05) is 30.4 Å². The Morgan fingerprint density at radius 1 is 0.477 bits per heavy atom. The molecule has 65 heavy (non-hydrogen) atoms. The lowest BCUT2D eigenvalue weighted by atomic mass is 10.0. The summed E-state index contributed by atoms with van der Waals surface area (Å²) < 4.78 is 5.89. The molecule has 0 saturated carbocycles. The molecule has 0 saturated heterocycles. The molecule has 3 atom stereocenters. The van der Waals surface area contributed by atoms with Crippen molar-refractivity contribution in [1.29, 1.82) is 0 Å². The minimum absolute atomic E-state index is 0.0159. The quantitative estimate of drug-likeness (QED) is 0.0245. The Morgan fingerprint density at radius 3 is 1.45 bits per heavy atom. The van der Waals surface area contributed by atoms with Crippen LogP contribution in [0.2, 0.25) is 0 Å². The first-order valence-corrected chi connectivity index (χ1v) is 26.7. The van der Waals surface area contributed by atoms with Crippen molar-refractivity contribution in [3.8, 4) is 0 Å². The molecule has 0 bridgehead atoms. The van der Waals surface area contributed by atoms with Gasteiger partial charge in [-0.05, 0) is 83.5 Å². The number of ether oxygens (including phenoxy) is 1. The summed E-state index contributed by atoms with van der Waals surface area (Å²) in [6, 6.07) is -0.736. The van der Waals surface area contributed by atoms with Gasteiger partial charge in [0, 0.05) is 6.42 Å². The fourth-order valence-corrected chi connectivity index (χ4v) is 7.47. The van der Waals surface area contributed by atoms with E-state index < -0.39 is 18.2 Å². The summed E-state index contributed by atoms with van der Waals surface area (Å²) >= 11 is 0. The molecule has 0 heterocycles. The zero-order valence-electron chi connectivity index (χ0n) is 42.1. The van der Waals surface area contributed by atoms with Crippen molar-refractivity contribution in [3.63, 3.8) is 0 Å². The SMILES string of the molecule is CC/C=C\C/C=C\C/C=C\C/C=C\C/C=C\CCCC(CC(=O)NC(CO)C(O)CCCCCCCCCCCCCCCCCC)OC(=O)CCCCC\C=C/C=C\C=C\C=C\CC. The molecular weight excluding hydrogens is 803 g/mol. The lowest BCUT2D eigenvalue weighted by Crippen LogP contribution is -2.46. The Balaban J connectivity index is 4.73. The minimum Gasteiger partial charge on any atom is -0.462 e. The molecule has 0 aromatic rings. The van der Waals surface area contributed by atoms with E-state index in [9.17, 15) is 19.8 Å². The number of aliphatic hydroxyl groups is 2. The molecular formula is C59H99NO5. The van der Waals surface area contributed by atoms with Crippen LogP contribution in [0.5, 0.6) is 0 Å². The van der Waals surface area contributed by atoms with E-state index in [0.717, 1.165) is 96.3 Å². The van der Waals surface area contributed by atoms with Crippen molar-refractivity contribution in [2.45, 2.75) is 244 Å². The molecule has 0 spiro atoms. The summed E-state index contributed by atoms with van der Waals surface area (Å²) in [7, 11) is 0. The number of aliphatic hydroxyl groups excluding tert-OH is 2. The minimum atomic E-state index is -0.817. The first kappa shape index (κ1) is 61.5. The van der Waals surface area contributed by atoms with Crippen LogP contribution in [-0.2, 0) is 14.3 Å². The van der Waals surface area contributed by atoms with Gasteiger partial charge < -0.3 is 20.3 Å². The maximum Gasteiger partial charge on any atom is 0.306 e. The summed E-state index contributed by atoms with van der Waals surface area (Å²) in [6.07, 6.45) is 70.1. The maximum atomic E-state index is 13.2. The Labute approximate surface area is 400 Å². The van der Waals surface area contributed by atoms with Crippen LogP contribution in [0.25, 0.3) is 0 Å². The molecule has 0 aliphatic rings. The van der Waals surface area contributed by atoms with E-state index in [4.69, 9.17) is 4.74 Å². The molecule has 0 fully saturated rings. The van der Waals surface area contributed by atoms with Gasteiger partial charge in [-0.3, -0.25) is 9.59 Å². The Bertz CT molecular complexity index is 1330. The van der Waals surface area contributed by atoms with Crippen LogP contribution in [0, 0.1) is 0 Å². The van der Waals surface area contributed by atoms with Crippen molar-refractivity contribution >= 4 is 11.9 Å². The van der Waals surface area contributed by atoms with Gasteiger partial charge in [0.05, 0.1) is 25.2 Å². The topological polar surface area (TPSA) is 95.9 Å².